The van der Waals surface area contributed by atoms with Crippen LogP contribution in [0.5, 0.6) is 0 Å². The number of nitro benzene ring substituents is 3. The summed E-state index contributed by atoms with van der Waals surface area (Å²) in [7, 11) is 0. The first kappa shape index (κ1) is 15.0. The summed E-state index contributed by atoms with van der Waals surface area (Å²) in [5.41, 5.74) is -0.760. The van der Waals surface area contributed by atoms with Crippen LogP contribution in [0.4, 0.5) is 17.1 Å². The predicted octanol–water partition coefficient (Wildman–Crippen LogP) is 2.15. The summed E-state index contributed by atoms with van der Waals surface area (Å²) < 4.78 is 1.10. The maximum Gasteiger partial charge on any atom is 0.301 e. The summed E-state index contributed by atoms with van der Waals surface area (Å²) in [6, 6.07) is 6.81. The van der Waals surface area contributed by atoms with Crippen molar-refractivity contribution in [3.63, 3.8) is 0 Å². The van der Waals surface area contributed by atoms with Gasteiger partial charge in [-0.05, 0) is 12.1 Å². The number of hydrogen-bond acceptors (Lipinski definition) is 8. The zero-order valence-electron chi connectivity index (χ0n) is 11.6. The van der Waals surface area contributed by atoms with E-state index < -0.39 is 26.1 Å². The van der Waals surface area contributed by atoms with E-state index in [1.807, 2.05) is 0 Å². The molecule has 0 N–H and O–H groups in total. The Labute approximate surface area is 131 Å². The van der Waals surface area contributed by atoms with Gasteiger partial charge in [-0.3, -0.25) is 30.3 Å². The largest absolute Gasteiger partial charge is 0.301 e. The Morgan fingerprint density at radius 2 is 1.46 bits per heavy atom. The van der Waals surface area contributed by atoms with Crippen LogP contribution in [0.2, 0.25) is 0 Å². The highest BCUT2D eigenvalue weighted by molar-refractivity contribution is 5.79. The fourth-order valence-corrected chi connectivity index (χ4v) is 2.15. The van der Waals surface area contributed by atoms with E-state index in [9.17, 15) is 30.3 Å². The summed E-state index contributed by atoms with van der Waals surface area (Å²) >= 11 is 0. The van der Waals surface area contributed by atoms with Crippen LogP contribution < -0.4 is 0 Å². The third-order valence-corrected chi connectivity index (χ3v) is 3.23. The summed E-state index contributed by atoms with van der Waals surface area (Å²) in [6.45, 7) is 0. The highest BCUT2D eigenvalue weighted by atomic mass is 16.6. The molecule has 0 saturated carbocycles. The minimum Gasteiger partial charge on any atom is -0.258 e. The molecule has 0 unspecified atom stereocenters. The average Bonchev–Trinajstić information content (AvgIpc) is 2.96. The molecule has 3 aromatic rings. The Balaban J connectivity index is 2.22. The standard InChI is InChI=1S/C12H6N6O6/c19-16(20)7-1-3-10-9(5-7)13-14-15(10)11-4-2-8(17(21)22)6-12(11)18(23)24/h1-6H. The zero-order chi connectivity index (χ0) is 17.4. The lowest BCUT2D eigenvalue weighted by atomic mass is 10.2. The van der Waals surface area contributed by atoms with Crippen molar-refractivity contribution in [2.45, 2.75) is 0 Å². The molecule has 0 spiro atoms. The first-order valence-electron chi connectivity index (χ1n) is 6.31. The molecule has 0 aliphatic heterocycles. The highest BCUT2D eigenvalue weighted by Crippen LogP contribution is 2.30. The minimum atomic E-state index is -0.777. The number of aromatic nitrogens is 3. The SMILES string of the molecule is O=[N+]([O-])c1ccc(-n2nnc3cc([N+](=O)[O-])ccc32)c([N+](=O)[O-])c1. The van der Waals surface area contributed by atoms with E-state index in [1.165, 1.54) is 24.3 Å². The molecule has 0 bridgehead atoms. The van der Waals surface area contributed by atoms with Crippen molar-refractivity contribution in [2.75, 3.05) is 0 Å². The van der Waals surface area contributed by atoms with Crippen molar-refractivity contribution in [2.24, 2.45) is 0 Å². The summed E-state index contributed by atoms with van der Waals surface area (Å²) in [5, 5.41) is 40.2. The third-order valence-electron chi connectivity index (χ3n) is 3.23. The molecule has 3 rings (SSSR count). The van der Waals surface area contributed by atoms with Crippen molar-refractivity contribution in [3.8, 4) is 5.69 Å². The molecule has 0 amide bonds. The van der Waals surface area contributed by atoms with Crippen molar-refractivity contribution in [3.05, 3.63) is 66.7 Å². The Hall–Kier alpha value is -3.96. The number of benzene rings is 2. The van der Waals surface area contributed by atoms with Gasteiger partial charge in [0.2, 0.25) is 0 Å². The number of fused-ring (bicyclic) bond motifs is 1. The summed E-state index contributed by atoms with van der Waals surface area (Å²) in [5.74, 6) is 0. The van der Waals surface area contributed by atoms with Gasteiger partial charge in [0.15, 0.2) is 0 Å². The molecule has 0 aliphatic rings. The van der Waals surface area contributed by atoms with Gasteiger partial charge in [-0.15, -0.1) is 5.10 Å². The lowest BCUT2D eigenvalue weighted by Crippen LogP contribution is -2.03. The van der Waals surface area contributed by atoms with E-state index in [1.54, 1.807) is 0 Å². The van der Waals surface area contributed by atoms with Gasteiger partial charge in [0.1, 0.15) is 11.2 Å². The van der Waals surface area contributed by atoms with Crippen LogP contribution >= 0.6 is 0 Å². The van der Waals surface area contributed by atoms with Crippen LogP contribution in [0, 0.1) is 30.3 Å². The molecule has 120 valence electrons. The second-order valence-corrected chi connectivity index (χ2v) is 4.62. The fourth-order valence-electron chi connectivity index (χ4n) is 2.15. The van der Waals surface area contributed by atoms with Gasteiger partial charge >= 0.3 is 5.69 Å². The maximum absolute atomic E-state index is 11.2. The van der Waals surface area contributed by atoms with Gasteiger partial charge in [-0.1, -0.05) is 5.21 Å². The molecule has 0 atom stereocenters. The first-order valence-corrected chi connectivity index (χ1v) is 6.31. The minimum absolute atomic E-state index is 0.0399. The van der Waals surface area contributed by atoms with Crippen molar-refractivity contribution >= 4 is 28.1 Å². The van der Waals surface area contributed by atoms with Crippen molar-refractivity contribution in [1.82, 2.24) is 15.0 Å². The number of rotatable bonds is 4. The lowest BCUT2D eigenvalue weighted by molar-refractivity contribution is -0.394. The Kier molecular flexibility index (Phi) is 3.33. The summed E-state index contributed by atoms with van der Waals surface area (Å²) in [6.07, 6.45) is 0. The normalized spacial score (nSPS) is 10.7. The lowest BCUT2D eigenvalue weighted by Gasteiger charge is -2.03. The number of nitro groups is 3. The van der Waals surface area contributed by atoms with Crippen molar-refractivity contribution < 1.29 is 14.8 Å². The molecule has 1 aromatic heterocycles. The van der Waals surface area contributed by atoms with E-state index >= 15 is 0 Å². The molecule has 12 heteroatoms. The van der Waals surface area contributed by atoms with E-state index in [2.05, 4.69) is 10.3 Å². The quantitative estimate of drug-likeness (QED) is 0.519. The van der Waals surface area contributed by atoms with Crippen molar-refractivity contribution in [1.29, 1.82) is 0 Å². The third kappa shape index (κ3) is 2.37. The predicted molar refractivity (Wildman–Crippen MR) is 78.8 cm³/mol. The van der Waals surface area contributed by atoms with E-state index in [4.69, 9.17) is 0 Å². The molecule has 0 fully saturated rings. The molecular formula is C12H6N6O6. The van der Waals surface area contributed by atoms with Crippen LogP contribution in [0.3, 0.4) is 0 Å². The number of hydrogen-bond donors (Lipinski definition) is 0. The first-order chi connectivity index (χ1) is 11.4. The smallest absolute Gasteiger partial charge is 0.258 e. The van der Waals surface area contributed by atoms with Gasteiger partial charge in [-0.2, -0.15) is 0 Å². The van der Waals surface area contributed by atoms with Crippen LogP contribution in [-0.4, -0.2) is 29.8 Å². The maximum atomic E-state index is 11.2. The molecule has 1 heterocycles. The second kappa shape index (κ2) is 5.35. The molecule has 0 radical (unpaired) electrons. The molecule has 12 nitrogen and oxygen atoms in total. The van der Waals surface area contributed by atoms with Gasteiger partial charge in [-0.25, -0.2) is 4.68 Å². The molecular weight excluding hydrogens is 324 g/mol. The Morgan fingerprint density at radius 1 is 0.833 bits per heavy atom. The Bertz CT molecular complexity index is 1010. The molecule has 0 saturated heterocycles. The van der Waals surface area contributed by atoms with Gasteiger partial charge in [0.25, 0.3) is 11.4 Å². The highest BCUT2D eigenvalue weighted by Gasteiger charge is 2.23. The van der Waals surface area contributed by atoms with Crippen LogP contribution in [0.1, 0.15) is 0 Å². The van der Waals surface area contributed by atoms with Gasteiger partial charge in [0.05, 0.1) is 26.4 Å². The Morgan fingerprint density at radius 3 is 2.08 bits per heavy atom. The zero-order valence-corrected chi connectivity index (χ0v) is 11.6. The number of nitrogens with zero attached hydrogens (tertiary/aromatic N) is 6. The summed E-state index contributed by atoms with van der Waals surface area (Å²) in [4.78, 5) is 30.6. The van der Waals surface area contributed by atoms with Crippen LogP contribution in [-0.2, 0) is 0 Å². The topological polar surface area (TPSA) is 160 Å². The van der Waals surface area contributed by atoms with Gasteiger partial charge < -0.3 is 0 Å². The average molecular weight is 330 g/mol. The van der Waals surface area contributed by atoms with E-state index in [0.717, 1.165) is 16.8 Å². The second-order valence-electron chi connectivity index (χ2n) is 4.62. The molecule has 2 aromatic carbocycles. The monoisotopic (exact) mass is 330 g/mol. The molecule has 24 heavy (non-hydrogen) atoms. The van der Waals surface area contributed by atoms with Crippen LogP contribution in [0.15, 0.2) is 36.4 Å². The van der Waals surface area contributed by atoms with E-state index in [0.29, 0.717) is 0 Å². The molecule has 0 aliphatic carbocycles. The van der Waals surface area contributed by atoms with Gasteiger partial charge in [0, 0.05) is 18.2 Å². The fraction of sp³-hybridized carbons (Fsp3) is 0. The number of non-ortho nitro benzene ring substituents is 2. The van der Waals surface area contributed by atoms with E-state index in [-0.39, 0.29) is 22.4 Å². The van der Waals surface area contributed by atoms with Crippen LogP contribution in [0.25, 0.3) is 16.7 Å².